The van der Waals surface area contributed by atoms with Gasteiger partial charge in [-0.2, -0.15) is 0 Å². The largest absolute Gasteiger partial charge is 0.330 e. The molecule has 1 amide bonds. The number of aromatic nitrogens is 1. The van der Waals surface area contributed by atoms with Crippen molar-refractivity contribution in [3.63, 3.8) is 0 Å². The Morgan fingerprint density at radius 2 is 2.25 bits per heavy atom. The van der Waals surface area contributed by atoms with E-state index in [0.717, 1.165) is 29.3 Å². The maximum atomic E-state index is 11.9. The summed E-state index contributed by atoms with van der Waals surface area (Å²) < 4.78 is 0. The van der Waals surface area contributed by atoms with Gasteiger partial charge in [-0.3, -0.25) is 9.78 Å². The molecule has 0 atom stereocenters. The molecule has 0 spiro atoms. The topological polar surface area (TPSA) is 68.0 Å². The van der Waals surface area contributed by atoms with Crippen LogP contribution < -0.4 is 11.1 Å². The van der Waals surface area contributed by atoms with Gasteiger partial charge < -0.3 is 11.1 Å². The summed E-state index contributed by atoms with van der Waals surface area (Å²) in [5.41, 5.74) is 7.91. The molecule has 1 aromatic carbocycles. The van der Waals surface area contributed by atoms with E-state index >= 15 is 0 Å². The number of rotatable bonds is 5. The van der Waals surface area contributed by atoms with E-state index in [1.54, 1.807) is 6.20 Å². The number of pyridine rings is 1. The minimum absolute atomic E-state index is 0.0469. The smallest absolute Gasteiger partial charge is 0.224 e. The number of carbonyl (C=O) groups excluding carboxylic acids is 1. The number of nitrogens with zero attached hydrogens (tertiary/aromatic N) is 1. The molecule has 0 unspecified atom stereocenters. The van der Waals surface area contributed by atoms with Crippen LogP contribution in [-0.4, -0.2) is 17.4 Å². The van der Waals surface area contributed by atoms with E-state index in [0.29, 0.717) is 23.7 Å². The Balaban J connectivity index is 2.27. The molecule has 5 heteroatoms. The van der Waals surface area contributed by atoms with Crippen LogP contribution in [0.5, 0.6) is 0 Å². The molecule has 20 heavy (non-hydrogen) atoms. The standard InChI is InChI=1S/C15H18ClN3O/c1-10-9-12(16)15(11-5-4-8-18-14(10)11)19-13(20)6-2-3-7-17/h4-5,8-9H,2-3,6-7,17H2,1H3,(H,19,20). The van der Waals surface area contributed by atoms with Crippen molar-refractivity contribution in [2.75, 3.05) is 11.9 Å². The molecule has 0 aliphatic carbocycles. The number of anilines is 1. The summed E-state index contributed by atoms with van der Waals surface area (Å²) in [5, 5.41) is 4.29. The number of fused-ring (bicyclic) bond motifs is 1. The van der Waals surface area contributed by atoms with Gasteiger partial charge in [-0.1, -0.05) is 11.6 Å². The molecular weight excluding hydrogens is 274 g/mol. The number of hydrogen-bond acceptors (Lipinski definition) is 3. The first kappa shape index (κ1) is 14.8. The van der Waals surface area contributed by atoms with E-state index in [4.69, 9.17) is 17.3 Å². The lowest BCUT2D eigenvalue weighted by Gasteiger charge is -2.12. The van der Waals surface area contributed by atoms with Crippen LogP contribution in [0.2, 0.25) is 5.02 Å². The fourth-order valence-corrected chi connectivity index (χ4v) is 2.45. The third-order valence-corrected chi connectivity index (χ3v) is 3.45. The Kier molecular flexibility index (Phi) is 4.93. The van der Waals surface area contributed by atoms with E-state index < -0.39 is 0 Å². The molecule has 0 saturated heterocycles. The van der Waals surface area contributed by atoms with Crippen LogP contribution in [-0.2, 0) is 4.79 Å². The van der Waals surface area contributed by atoms with Gasteiger partial charge in [0.2, 0.25) is 5.91 Å². The predicted octanol–water partition coefficient (Wildman–Crippen LogP) is 3.26. The number of carbonyl (C=O) groups is 1. The van der Waals surface area contributed by atoms with E-state index in [1.807, 2.05) is 25.1 Å². The monoisotopic (exact) mass is 291 g/mol. The Morgan fingerprint density at radius 3 is 3.00 bits per heavy atom. The highest BCUT2D eigenvalue weighted by Crippen LogP contribution is 2.32. The number of hydrogen-bond donors (Lipinski definition) is 2. The fourth-order valence-electron chi connectivity index (χ4n) is 2.14. The Labute approximate surface area is 123 Å². The number of halogens is 1. The quantitative estimate of drug-likeness (QED) is 0.831. The molecule has 1 heterocycles. The van der Waals surface area contributed by atoms with Crippen LogP contribution in [0.25, 0.3) is 10.9 Å². The molecule has 0 aliphatic rings. The van der Waals surface area contributed by atoms with Crippen LogP contribution >= 0.6 is 11.6 Å². The zero-order chi connectivity index (χ0) is 14.5. The molecular formula is C15H18ClN3O. The maximum absolute atomic E-state index is 11.9. The SMILES string of the molecule is Cc1cc(Cl)c(NC(=O)CCCCN)c2cccnc12. The van der Waals surface area contributed by atoms with Crippen LogP contribution in [0.1, 0.15) is 24.8 Å². The van der Waals surface area contributed by atoms with Gasteiger partial charge in [0.05, 0.1) is 16.2 Å². The molecule has 0 radical (unpaired) electrons. The first-order valence-corrected chi connectivity index (χ1v) is 7.05. The van der Waals surface area contributed by atoms with Gasteiger partial charge in [-0.25, -0.2) is 0 Å². The van der Waals surface area contributed by atoms with E-state index in [9.17, 15) is 4.79 Å². The molecule has 1 aromatic heterocycles. The molecule has 2 rings (SSSR count). The molecule has 0 aliphatic heterocycles. The van der Waals surface area contributed by atoms with E-state index in [2.05, 4.69) is 10.3 Å². The minimum Gasteiger partial charge on any atom is -0.330 e. The van der Waals surface area contributed by atoms with Crippen molar-refractivity contribution >= 4 is 34.1 Å². The predicted molar refractivity (Wildman–Crippen MR) is 83.0 cm³/mol. The molecule has 4 nitrogen and oxygen atoms in total. The maximum Gasteiger partial charge on any atom is 0.224 e. The van der Waals surface area contributed by atoms with Gasteiger partial charge in [0.25, 0.3) is 0 Å². The second kappa shape index (κ2) is 6.68. The summed E-state index contributed by atoms with van der Waals surface area (Å²) in [6.07, 6.45) is 3.80. The van der Waals surface area contributed by atoms with Gasteiger partial charge in [0.1, 0.15) is 0 Å². The third-order valence-electron chi connectivity index (χ3n) is 3.16. The zero-order valence-electron chi connectivity index (χ0n) is 11.4. The van der Waals surface area contributed by atoms with Crippen LogP contribution in [0.15, 0.2) is 24.4 Å². The summed E-state index contributed by atoms with van der Waals surface area (Å²) in [7, 11) is 0. The number of amides is 1. The van der Waals surface area contributed by atoms with Gasteiger partial charge >= 0.3 is 0 Å². The molecule has 106 valence electrons. The van der Waals surface area contributed by atoms with Crippen LogP contribution in [0, 0.1) is 6.92 Å². The van der Waals surface area contributed by atoms with Gasteiger partial charge in [0.15, 0.2) is 0 Å². The molecule has 0 saturated carbocycles. The van der Waals surface area contributed by atoms with E-state index in [1.165, 1.54) is 0 Å². The van der Waals surface area contributed by atoms with Crippen molar-refractivity contribution in [3.8, 4) is 0 Å². The first-order chi connectivity index (χ1) is 9.63. The van der Waals surface area contributed by atoms with Gasteiger partial charge in [-0.15, -0.1) is 0 Å². The summed E-state index contributed by atoms with van der Waals surface area (Å²) in [4.78, 5) is 16.3. The molecule has 0 bridgehead atoms. The zero-order valence-corrected chi connectivity index (χ0v) is 12.2. The number of benzene rings is 1. The lowest BCUT2D eigenvalue weighted by molar-refractivity contribution is -0.116. The lowest BCUT2D eigenvalue weighted by Crippen LogP contribution is -2.13. The number of nitrogens with two attached hydrogens (primary N) is 1. The Bertz CT molecular complexity index is 628. The van der Waals surface area contributed by atoms with Crippen LogP contribution in [0.4, 0.5) is 5.69 Å². The Morgan fingerprint density at radius 1 is 1.45 bits per heavy atom. The summed E-state index contributed by atoms with van der Waals surface area (Å²) in [6.45, 7) is 2.56. The first-order valence-electron chi connectivity index (χ1n) is 6.67. The second-order valence-corrected chi connectivity index (χ2v) is 5.15. The molecule has 3 N–H and O–H groups in total. The van der Waals surface area contributed by atoms with Crippen molar-refractivity contribution in [1.29, 1.82) is 0 Å². The highest BCUT2D eigenvalue weighted by atomic mass is 35.5. The fraction of sp³-hybridized carbons (Fsp3) is 0.333. The van der Waals surface area contributed by atoms with Crippen molar-refractivity contribution in [1.82, 2.24) is 4.98 Å². The van der Waals surface area contributed by atoms with E-state index in [-0.39, 0.29) is 5.91 Å². The number of aryl methyl sites for hydroxylation is 1. The van der Waals surface area contributed by atoms with Crippen molar-refractivity contribution in [3.05, 3.63) is 35.0 Å². The normalized spacial score (nSPS) is 10.8. The summed E-state index contributed by atoms with van der Waals surface area (Å²) in [5.74, 6) is -0.0469. The minimum atomic E-state index is -0.0469. The highest BCUT2D eigenvalue weighted by Gasteiger charge is 2.12. The number of nitrogens with one attached hydrogen (secondary N) is 1. The molecule has 2 aromatic rings. The summed E-state index contributed by atoms with van der Waals surface area (Å²) in [6, 6.07) is 5.57. The van der Waals surface area contributed by atoms with Gasteiger partial charge in [0, 0.05) is 18.0 Å². The van der Waals surface area contributed by atoms with Gasteiger partial charge in [-0.05, 0) is 50.1 Å². The van der Waals surface area contributed by atoms with Crippen molar-refractivity contribution < 1.29 is 4.79 Å². The number of unbranched alkanes of at least 4 members (excludes halogenated alkanes) is 1. The Hall–Kier alpha value is -1.65. The molecule has 0 fully saturated rings. The average Bonchev–Trinajstić information content (AvgIpc) is 2.44. The summed E-state index contributed by atoms with van der Waals surface area (Å²) >= 11 is 6.25. The van der Waals surface area contributed by atoms with Crippen LogP contribution in [0.3, 0.4) is 0 Å². The van der Waals surface area contributed by atoms with Crippen molar-refractivity contribution in [2.45, 2.75) is 26.2 Å². The average molecular weight is 292 g/mol. The third kappa shape index (κ3) is 3.26. The highest BCUT2D eigenvalue weighted by molar-refractivity contribution is 6.35. The van der Waals surface area contributed by atoms with Crippen molar-refractivity contribution in [2.24, 2.45) is 5.73 Å². The second-order valence-electron chi connectivity index (χ2n) is 4.74. The lowest BCUT2D eigenvalue weighted by atomic mass is 10.1.